The molecule has 0 saturated carbocycles. The standard InChI is InChI=1S/C16H24N2O3/c1-12(13-4-6-14(21-3)7-5-13)18-15(19)16(11-20-2)8-9-17-10-16/h4-7,12,17H,8-11H2,1-3H3,(H,18,19). The zero-order chi connectivity index (χ0) is 15.3. The second-order valence-electron chi connectivity index (χ2n) is 5.61. The first-order valence-corrected chi connectivity index (χ1v) is 7.26. The predicted molar refractivity (Wildman–Crippen MR) is 81.3 cm³/mol. The largest absolute Gasteiger partial charge is 0.497 e. The minimum absolute atomic E-state index is 0.0438. The van der Waals surface area contributed by atoms with Gasteiger partial charge in [-0.1, -0.05) is 12.1 Å². The Hall–Kier alpha value is -1.59. The first kappa shape index (κ1) is 15.8. The molecule has 1 aromatic carbocycles. The van der Waals surface area contributed by atoms with Crippen molar-refractivity contribution in [2.45, 2.75) is 19.4 Å². The van der Waals surface area contributed by atoms with Crippen LogP contribution in [0.25, 0.3) is 0 Å². The van der Waals surface area contributed by atoms with Crippen molar-refractivity contribution in [3.05, 3.63) is 29.8 Å². The normalized spacial score (nSPS) is 22.8. The average Bonchev–Trinajstić information content (AvgIpc) is 2.97. The third-order valence-corrected chi connectivity index (χ3v) is 4.11. The highest BCUT2D eigenvalue weighted by atomic mass is 16.5. The van der Waals surface area contributed by atoms with Gasteiger partial charge in [0.15, 0.2) is 0 Å². The van der Waals surface area contributed by atoms with Gasteiger partial charge < -0.3 is 20.1 Å². The average molecular weight is 292 g/mol. The van der Waals surface area contributed by atoms with Crippen molar-refractivity contribution in [2.75, 3.05) is 33.9 Å². The lowest BCUT2D eigenvalue weighted by molar-refractivity contribution is -0.133. The summed E-state index contributed by atoms with van der Waals surface area (Å²) < 4.78 is 10.4. The lowest BCUT2D eigenvalue weighted by Gasteiger charge is -2.28. The van der Waals surface area contributed by atoms with Gasteiger partial charge in [-0.25, -0.2) is 0 Å². The number of amides is 1. The molecule has 0 aliphatic carbocycles. The maximum Gasteiger partial charge on any atom is 0.230 e. The number of ether oxygens (including phenoxy) is 2. The Kier molecular flexibility index (Phi) is 5.20. The van der Waals surface area contributed by atoms with Crippen LogP contribution in [-0.2, 0) is 9.53 Å². The maximum atomic E-state index is 12.6. The van der Waals surface area contributed by atoms with E-state index in [1.807, 2.05) is 31.2 Å². The van der Waals surface area contributed by atoms with Gasteiger partial charge >= 0.3 is 0 Å². The third kappa shape index (κ3) is 3.54. The molecule has 0 aromatic heterocycles. The molecule has 1 amide bonds. The lowest BCUT2D eigenvalue weighted by atomic mass is 9.86. The molecule has 1 heterocycles. The Bertz CT molecular complexity index is 467. The fourth-order valence-corrected chi connectivity index (χ4v) is 2.73. The summed E-state index contributed by atoms with van der Waals surface area (Å²) in [5.74, 6) is 0.866. The molecule has 1 aliphatic rings. The number of benzene rings is 1. The first-order chi connectivity index (χ1) is 10.1. The topological polar surface area (TPSA) is 59.6 Å². The van der Waals surface area contributed by atoms with Crippen molar-refractivity contribution in [2.24, 2.45) is 5.41 Å². The Labute approximate surface area is 126 Å². The molecule has 2 N–H and O–H groups in total. The van der Waals surface area contributed by atoms with Crippen LogP contribution in [0.5, 0.6) is 5.75 Å². The molecule has 116 valence electrons. The summed E-state index contributed by atoms with van der Waals surface area (Å²) in [6.45, 7) is 3.96. The molecule has 21 heavy (non-hydrogen) atoms. The quantitative estimate of drug-likeness (QED) is 0.834. The predicted octanol–water partition coefficient (Wildman–Crippen LogP) is 1.50. The van der Waals surface area contributed by atoms with E-state index in [9.17, 15) is 4.79 Å². The molecular formula is C16H24N2O3. The van der Waals surface area contributed by atoms with Crippen LogP contribution in [-0.4, -0.2) is 39.8 Å². The van der Waals surface area contributed by atoms with E-state index in [1.165, 1.54) is 0 Å². The van der Waals surface area contributed by atoms with Crippen molar-refractivity contribution < 1.29 is 14.3 Å². The molecule has 1 saturated heterocycles. The molecule has 1 fully saturated rings. The van der Waals surface area contributed by atoms with Gasteiger partial charge in [-0.3, -0.25) is 4.79 Å². The van der Waals surface area contributed by atoms with E-state index in [-0.39, 0.29) is 11.9 Å². The van der Waals surface area contributed by atoms with Crippen LogP contribution in [0.2, 0.25) is 0 Å². The second-order valence-corrected chi connectivity index (χ2v) is 5.61. The summed E-state index contributed by atoms with van der Waals surface area (Å²) in [4.78, 5) is 12.6. The van der Waals surface area contributed by atoms with Gasteiger partial charge in [0.2, 0.25) is 5.91 Å². The Morgan fingerprint density at radius 1 is 1.38 bits per heavy atom. The van der Waals surface area contributed by atoms with Crippen LogP contribution in [0.3, 0.4) is 0 Å². The summed E-state index contributed by atoms with van der Waals surface area (Å²) in [5.41, 5.74) is 0.609. The van der Waals surface area contributed by atoms with Crippen LogP contribution >= 0.6 is 0 Å². The molecule has 2 atom stereocenters. The van der Waals surface area contributed by atoms with Gasteiger partial charge in [-0.2, -0.15) is 0 Å². The molecule has 0 radical (unpaired) electrons. The SMILES string of the molecule is COCC1(C(=O)NC(C)c2ccc(OC)cc2)CCNC1. The monoisotopic (exact) mass is 292 g/mol. The molecule has 1 aliphatic heterocycles. The third-order valence-electron chi connectivity index (χ3n) is 4.11. The zero-order valence-corrected chi connectivity index (χ0v) is 12.9. The molecule has 5 heteroatoms. The van der Waals surface area contributed by atoms with Crippen molar-refractivity contribution >= 4 is 5.91 Å². The van der Waals surface area contributed by atoms with E-state index < -0.39 is 5.41 Å². The lowest BCUT2D eigenvalue weighted by Crippen LogP contribution is -2.46. The summed E-state index contributed by atoms with van der Waals surface area (Å²) in [7, 11) is 3.28. The fraction of sp³-hybridized carbons (Fsp3) is 0.562. The van der Waals surface area contributed by atoms with Crippen molar-refractivity contribution in [1.82, 2.24) is 10.6 Å². The van der Waals surface area contributed by atoms with E-state index in [0.717, 1.165) is 24.3 Å². The fourth-order valence-electron chi connectivity index (χ4n) is 2.73. The number of hydrogen-bond donors (Lipinski definition) is 2. The summed E-state index contributed by atoms with van der Waals surface area (Å²) in [6.07, 6.45) is 0.808. The van der Waals surface area contributed by atoms with Gasteiger partial charge in [0.25, 0.3) is 0 Å². The summed E-state index contributed by atoms with van der Waals surface area (Å²) in [5, 5.41) is 6.35. The number of carbonyl (C=O) groups excluding carboxylic acids is 1. The first-order valence-electron chi connectivity index (χ1n) is 7.26. The van der Waals surface area contributed by atoms with Crippen LogP contribution in [0, 0.1) is 5.41 Å². The molecule has 0 bridgehead atoms. The van der Waals surface area contributed by atoms with E-state index in [0.29, 0.717) is 13.2 Å². The van der Waals surface area contributed by atoms with E-state index in [4.69, 9.17) is 9.47 Å². The van der Waals surface area contributed by atoms with Crippen LogP contribution < -0.4 is 15.4 Å². The molecule has 5 nitrogen and oxygen atoms in total. The smallest absolute Gasteiger partial charge is 0.230 e. The Morgan fingerprint density at radius 2 is 2.10 bits per heavy atom. The van der Waals surface area contributed by atoms with Gasteiger partial charge in [-0.05, 0) is 37.6 Å². The van der Waals surface area contributed by atoms with Gasteiger partial charge in [0, 0.05) is 13.7 Å². The molecule has 1 aromatic rings. The van der Waals surface area contributed by atoms with Gasteiger partial charge in [0.1, 0.15) is 5.75 Å². The molecular weight excluding hydrogens is 268 g/mol. The Morgan fingerprint density at radius 3 is 2.62 bits per heavy atom. The van der Waals surface area contributed by atoms with E-state index in [1.54, 1.807) is 14.2 Å². The maximum absolute atomic E-state index is 12.6. The van der Waals surface area contributed by atoms with Crippen molar-refractivity contribution in [3.8, 4) is 5.75 Å². The molecule has 2 unspecified atom stereocenters. The number of rotatable bonds is 6. The van der Waals surface area contributed by atoms with Gasteiger partial charge in [-0.15, -0.1) is 0 Å². The summed E-state index contributed by atoms with van der Waals surface area (Å²) >= 11 is 0. The molecule has 0 spiro atoms. The highest BCUT2D eigenvalue weighted by Crippen LogP contribution is 2.27. The van der Waals surface area contributed by atoms with E-state index >= 15 is 0 Å². The van der Waals surface area contributed by atoms with Crippen molar-refractivity contribution in [3.63, 3.8) is 0 Å². The number of nitrogens with one attached hydrogen (secondary N) is 2. The highest BCUT2D eigenvalue weighted by molar-refractivity contribution is 5.83. The van der Waals surface area contributed by atoms with Crippen LogP contribution in [0.15, 0.2) is 24.3 Å². The minimum Gasteiger partial charge on any atom is -0.497 e. The Balaban J connectivity index is 2.03. The molecule has 2 rings (SSSR count). The van der Waals surface area contributed by atoms with Crippen molar-refractivity contribution in [1.29, 1.82) is 0 Å². The van der Waals surface area contributed by atoms with Gasteiger partial charge in [0.05, 0.1) is 25.2 Å². The van der Waals surface area contributed by atoms with Crippen LogP contribution in [0.1, 0.15) is 24.9 Å². The second kappa shape index (κ2) is 6.91. The van der Waals surface area contributed by atoms with E-state index in [2.05, 4.69) is 10.6 Å². The number of methoxy groups -OCH3 is 2. The number of hydrogen-bond acceptors (Lipinski definition) is 4. The summed E-state index contributed by atoms with van der Waals surface area (Å²) in [6, 6.07) is 7.71. The zero-order valence-electron chi connectivity index (χ0n) is 12.9. The number of carbonyl (C=O) groups is 1. The minimum atomic E-state index is -0.449. The highest BCUT2D eigenvalue weighted by Gasteiger charge is 2.41. The van der Waals surface area contributed by atoms with Crippen LogP contribution in [0.4, 0.5) is 0 Å².